The third-order valence-corrected chi connectivity index (χ3v) is 6.55. The van der Waals surface area contributed by atoms with Gasteiger partial charge >= 0.3 is 0 Å². The molecule has 0 aliphatic carbocycles. The van der Waals surface area contributed by atoms with Crippen molar-refractivity contribution in [1.29, 1.82) is 0 Å². The Balaban J connectivity index is 1.70. The molecule has 0 aromatic heterocycles. The number of anilines is 1. The average molecular weight is 473 g/mol. The lowest BCUT2D eigenvalue weighted by molar-refractivity contribution is 0.0940. The SMILES string of the molecule is CCOc1ccc([C@H](C)NC(=O)c2ccc(NS(=O)(=O)c3ccc(C)cc3)cc2Cl)cc1. The first-order chi connectivity index (χ1) is 15.2. The Labute approximate surface area is 193 Å². The number of hydrogen-bond donors (Lipinski definition) is 2. The summed E-state index contributed by atoms with van der Waals surface area (Å²) in [6.45, 7) is 6.25. The molecule has 1 amide bonds. The van der Waals surface area contributed by atoms with Gasteiger partial charge in [0, 0.05) is 0 Å². The maximum Gasteiger partial charge on any atom is 0.261 e. The molecule has 0 spiro atoms. The topological polar surface area (TPSA) is 84.5 Å². The monoisotopic (exact) mass is 472 g/mol. The second kappa shape index (κ2) is 10.1. The van der Waals surface area contributed by atoms with Crippen LogP contribution in [0.1, 0.15) is 41.4 Å². The van der Waals surface area contributed by atoms with Crippen molar-refractivity contribution in [3.63, 3.8) is 0 Å². The van der Waals surface area contributed by atoms with Crippen molar-refractivity contribution in [2.45, 2.75) is 31.7 Å². The summed E-state index contributed by atoms with van der Waals surface area (Å²) >= 11 is 6.29. The maximum atomic E-state index is 12.7. The summed E-state index contributed by atoms with van der Waals surface area (Å²) in [5.41, 5.74) is 2.40. The van der Waals surface area contributed by atoms with Crippen molar-refractivity contribution in [3.8, 4) is 5.75 Å². The van der Waals surface area contributed by atoms with E-state index in [0.29, 0.717) is 6.61 Å². The third kappa shape index (κ3) is 5.81. The summed E-state index contributed by atoms with van der Waals surface area (Å²) in [5.74, 6) is 0.408. The van der Waals surface area contributed by atoms with Crippen LogP contribution in [0.3, 0.4) is 0 Å². The van der Waals surface area contributed by atoms with Gasteiger partial charge < -0.3 is 10.1 Å². The van der Waals surface area contributed by atoms with E-state index in [4.69, 9.17) is 16.3 Å². The number of carbonyl (C=O) groups is 1. The lowest BCUT2D eigenvalue weighted by atomic mass is 10.1. The van der Waals surface area contributed by atoms with Crippen LogP contribution in [0.4, 0.5) is 5.69 Å². The summed E-state index contributed by atoms with van der Waals surface area (Å²) < 4.78 is 33.1. The zero-order valence-electron chi connectivity index (χ0n) is 18.1. The first-order valence-electron chi connectivity index (χ1n) is 10.1. The highest BCUT2D eigenvalue weighted by atomic mass is 35.5. The quantitative estimate of drug-likeness (QED) is 0.463. The third-order valence-electron chi connectivity index (χ3n) is 4.84. The lowest BCUT2D eigenvalue weighted by Gasteiger charge is -2.16. The minimum absolute atomic E-state index is 0.144. The molecule has 0 aliphatic rings. The summed E-state index contributed by atoms with van der Waals surface area (Å²) in [7, 11) is -3.76. The molecule has 0 saturated heterocycles. The molecule has 3 aromatic rings. The van der Waals surface area contributed by atoms with Gasteiger partial charge in [-0.05, 0) is 68.8 Å². The molecule has 168 valence electrons. The van der Waals surface area contributed by atoms with Gasteiger partial charge in [-0.2, -0.15) is 0 Å². The summed E-state index contributed by atoms with van der Waals surface area (Å²) in [6, 6.07) is 18.2. The number of halogens is 1. The molecule has 1 atom stereocenters. The average Bonchev–Trinajstić information content (AvgIpc) is 2.74. The van der Waals surface area contributed by atoms with Crippen LogP contribution in [0.5, 0.6) is 5.75 Å². The van der Waals surface area contributed by atoms with E-state index in [9.17, 15) is 13.2 Å². The van der Waals surface area contributed by atoms with Gasteiger partial charge in [0.2, 0.25) is 0 Å². The molecule has 0 radical (unpaired) electrons. The van der Waals surface area contributed by atoms with Gasteiger partial charge in [-0.3, -0.25) is 9.52 Å². The van der Waals surface area contributed by atoms with E-state index in [1.54, 1.807) is 12.1 Å². The van der Waals surface area contributed by atoms with E-state index in [1.165, 1.54) is 30.3 Å². The van der Waals surface area contributed by atoms with Gasteiger partial charge in [-0.1, -0.05) is 41.4 Å². The van der Waals surface area contributed by atoms with Crippen LogP contribution in [-0.2, 0) is 10.0 Å². The Hall–Kier alpha value is -3.03. The molecule has 0 fully saturated rings. The number of amides is 1. The van der Waals surface area contributed by atoms with Gasteiger partial charge in [0.15, 0.2) is 0 Å². The number of ether oxygens (including phenoxy) is 1. The molecule has 32 heavy (non-hydrogen) atoms. The fraction of sp³-hybridized carbons (Fsp3) is 0.208. The van der Waals surface area contributed by atoms with Crippen LogP contribution in [0.15, 0.2) is 71.6 Å². The molecule has 2 N–H and O–H groups in total. The van der Waals surface area contributed by atoms with E-state index >= 15 is 0 Å². The standard InChI is InChI=1S/C24H25ClN2O4S/c1-4-31-20-10-7-18(8-11-20)17(3)26-24(28)22-14-9-19(15-23(22)25)27-32(29,30)21-12-5-16(2)6-13-21/h5-15,17,27H,4H2,1-3H3,(H,26,28)/t17-/m0/s1. The Bertz CT molecular complexity index is 1190. The Morgan fingerprint density at radius 2 is 1.69 bits per heavy atom. The number of rotatable bonds is 8. The van der Waals surface area contributed by atoms with Crippen molar-refractivity contribution in [3.05, 3.63) is 88.4 Å². The molecule has 3 rings (SSSR count). The molecule has 3 aromatic carbocycles. The van der Waals surface area contributed by atoms with E-state index in [-0.39, 0.29) is 33.1 Å². The normalized spacial score (nSPS) is 12.1. The van der Waals surface area contributed by atoms with Crippen LogP contribution < -0.4 is 14.8 Å². The molecule has 6 nitrogen and oxygen atoms in total. The fourth-order valence-electron chi connectivity index (χ4n) is 3.07. The van der Waals surface area contributed by atoms with Gasteiger partial charge in [0.05, 0.1) is 33.8 Å². The maximum absolute atomic E-state index is 12.7. The van der Waals surface area contributed by atoms with Crippen molar-refractivity contribution in [2.75, 3.05) is 11.3 Å². The van der Waals surface area contributed by atoms with Crippen LogP contribution in [0.25, 0.3) is 0 Å². The molecule has 0 unspecified atom stereocenters. The number of nitrogens with one attached hydrogen (secondary N) is 2. The molecule has 8 heteroatoms. The number of aryl methyl sites for hydroxylation is 1. The number of benzene rings is 3. The smallest absolute Gasteiger partial charge is 0.261 e. The zero-order chi connectivity index (χ0) is 23.3. The highest BCUT2D eigenvalue weighted by Crippen LogP contribution is 2.25. The number of hydrogen-bond acceptors (Lipinski definition) is 4. The Kier molecular flexibility index (Phi) is 7.43. The largest absolute Gasteiger partial charge is 0.494 e. The van der Waals surface area contributed by atoms with Gasteiger partial charge in [-0.25, -0.2) is 8.42 Å². The number of sulfonamides is 1. The van der Waals surface area contributed by atoms with Gasteiger partial charge in [0.25, 0.3) is 15.9 Å². The highest BCUT2D eigenvalue weighted by molar-refractivity contribution is 7.92. The zero-order valence-corrected chi connectivity index (χ0v) is 19.6. The summed E-state index contributed by atoms with van der Waals surface area (Å²) in [6.07, 6.45) is 0. The number of carbonyl (C=O) groups excluding carboxylic acids is 1. The van der Waals surface area contributed by atoms with Gasteiger partial charge in [-0.15, -0.1) is 0 Å². The van der Waals surface area contributed by atoms with Crippen LogP contribution in [-0.4, -0.2) is 20.9 Å². The first kappa shape index (κ1) is 23.6. The molecular formula is C24H25ClN2O4S. The molecule has 0 saturated carbocycles. The molecule has 0 bridgehead atoms. The van der Waals surface area contributed by atoms with E-state index in [2.05, 4.69) is 10.0 Å². The van der Waals surface area contributed by atoms with E-state index < -0.39 is 10.0 Å². The van der Waals surface area contributed by atoms with Crippen molar-refractivity contribution >= 4 is 33.2 Å². The van der Waals surface area contributed by atoms with Crippen LogP contribution in [0, 0.1) is 6.92 Å². The first-order valence-corrected chi connectivity index (χ1v) is 12.0. The highest BCUT2D eigenvalue weighted by Gasteiger charge is 2.18. The summed E-state index contributed by atoms with van der Waals surface area (Å²) in [4.78, 5) is 12.9. The van der Waals surface area contributed by atoms with Crippen molar-refractivity contribution in [1.82, 2.24) is 5.32 Å². The lowest BCUT2D eigenvalue weighted by Crippen LogP contribution is -2.27. The minimum Gasteiger partial charge on any atom is -0.494 e. The summed E-state index contributed by atoms with van der Waals surface area (Å²) in [5, 5.41) is 3.04. The molecule has 0 aliphatic heterocycles. The van der Waals surface area contributed by atoms with E-state index in [0.717, 1.165) is 16.9 Å². The van der Waals surface area contributed by atoms with Crippen LogP contribution >= 0.6 is 11.6 Å². The van der Waals surface area contributed by atoms with Gasteiger partial charge in [0.1, 0.15) is 5.75 Å². The minimum atomic E-state index is -3.76. The van der Waals surface area contributed by atoms with Crippen molar-refractivity contribution < 1.29 is 17.9 Å². The molecule has 0 heterocycles. The second-order valence-electron chi connectivity index (χ2n) is 7.31. The Morgan fingerprint density at radius 1 is 1.03 bits per heavy atom. The predicted octanol–water partition coefficient (Wildman–Crippen LogP) is 5.34. The van der Waals surface area contributed by atoms with Crippen molar-refractivity contribution in [2.24, 2.45) is 0 Å². The Morgan fingerprint density at radius 3 is 2.28 bits per heavy atom. The molecular weight excluding hydrogens is 448 g/mol. The fourth-order valence-corrected chi connectivity index (χ4v) is 4.39. The van der Waals surface area contributed by atoms with E-state index in [1.807, 2.05) is 45.0 Å². The second-order valence-corrected chi connectivity index (χ2v) is 9.40. The van der Waals surface area contributed by atoms with Crippen LogP contribution in [0.2, 0.25) is 5.02 Å². The predicted molar refractivity (Wildman–Crippen MR) is 127 cm³/mol.